The van der Waals surface area contributed by atoms with Gasteiger partial charge < -0.3 is 0 Å². The van der Waals surface area contributed by atoms with Crippen molar-refractivity contribution in [1.82, 2.24) is 0 Å². The van der Waals surface area contributed by atoms with Gasteiger partial charge in [-0.25, -0.2) is 0 Å². The minimum Gasteiger partial charge on any atom is -0.192 e. The van der Waals surface area contributed by atoms with E-state index in [4.69, 9.17) is 16.9 Å². The lowest BCUT2D eigenvalue weighted by Gasteiger charge is -2.22. The first kappa shape index (κ1) is 10.9. The van der Waals surface area contributed by atoms with Crippen LogP contribution in [0.4, 0.5) is 0 Å². The third kappa shape index (κ3) is 2.48. The fourth-order valence-corrected chi connectivity index (χ4v) is 3.38. The standard InChI is InChI=1S/C12H12ClNS/c13-12-7-9(8-14)1-2-11(12)10-3-5-15-6-4-10/h1-2,7,10H,3-6H2. The first-order valence-corrected chi connectivity index (χ1v) is 6.62. The van der Waals surface area contributed by atoms with Crippen LogP contribution in [0, 0.1) is 11.3 Å². The normalized spacial score (nSPS) is 17.3. The maximum absolute atomic E-state index is 8.75. The number of nitriles is 1. The lowest BCUT2D eigenvalue weighted by atomic mass is 9.93. The molecular weight excluding hydrogens is 226 g/mol. The molecule has 0 spiro atoms. The Kier molecular flexibility index (Phi) is 3.56. The van der Waals surface area contributed by atoms with E-state index in [1.807, 2.05) is 23.9 Å². The van der Waals surface area contributed by atoms with Crippen molar-refractivity contribution < 1.29 is 0 Å². The molecule has 1 aromatic carbocycles. The van der Waals surface area contributed by atoms with Crippen LogP contribution < -0.4 is 0 Å². The fraction of sp³-hybridized carbons (Fsp3) is 0.417. The Morgan fingerprint density at radius 1 is 1.33 bits per heavy atom. The number of thioether (sulfide) groups is 1. The number of rotatable bonds is 1. The average molecular weight is 238 g/mol. The molecule has 2 rings (SSSR count). The predicted molar refractivity (Wildman–Crippen MR) is 65.5 cm³/mol. The molecule has 1 nitrogen and oxygen atoms in total. The summed E-state index contributed by atoms with van der Waals surface area (Å²) >= 11 is 8.19. The van der Waals surface area contributed by atoms with Crippen molar-refractivity contribution in [3.63, 3.8) is 0 Å². The van der Waals surface area contributed by atoms with Gasteiger partial charge in [-0.2, -0.15) is 17.0 Å². The van der Waals surface area contributed by atoms with Gasteiger partial charge in [0.2, 0.25) is 0 Å². The molecule has 0 amide bonds. The fourth-order valence-electron chi connectivity index (χ4n) is 1.94. The molecule has 1 aromatic rings. The highest BCUT2D eigenvalue weighted by atomic mass is 35.5. The molecule has 0 N–H and O–H groups in total. The molecule has 1 aliphatic rings. The molecule has 15 heavy (non-hydrogen) atoms. The molecule has 0 aromatic heterocycles. The van der Waals surface area contributed by atoms with Crippen molar-refractivity contribution in [2.24, 2.45) is 0 Å². The minimum absolute atomic E-state index is 0.589. The zero-order chi connectivity index (χ0) is 10.7. The summed E-state index contributed by atoms with van der Waals surface area (Å²) in [4.78, 5) is 0. The highest BCUT2D eigenvalue weighted by molar-refractivity contribution is 7.99. The SMILES string of the molecule is N#Cc1ccc(C2CCSCC2)c(Cl)c1. The van der Waals surface area contributed by atoms with E-state index in [1.165, 1.54) is 29.9 Å². The number of hydrogen-bond donors (Lipinski definition) is 0. The molecule has 0 aliphatic carbocycles. The van der Waals surface area contributed by atoms with Crippen molar-refractivity contribution >= 4 is 23.4 Å². The highest BCUT2D eigenvalue weighted by Crippen LogP contribution is 2.35. The zero-order valence-electron chi connectivity index (χ0n) is 8.37. The summed E-state index contributed by atoms with van der Waals surface area (Å²) in [5, 5.41) is 9.51. The number of hydrogen-bond acceptors (Lipinski definition) is 2. The monoisotopic (exact) mass is 237 g/mol. The number of benzene rings is 1. The van der Waals surface area contributed by atoms with Gasteiger partial charge in [-0.05, 0) is 48.0 Å². The molecule has 78 valence electrons. The lowest BCUT2D eigenvalue weighted by molar-refractivity contribution is 0.637. The van der Waals surface area contributed by atoms with Crippen LogP contribution in [-0.2, 0) is 0 Å². The molecule has 0 saturated carbocycles. The maximum Gasteiger partial charge on any atom is 0.0992 e. The molecule has 3 heteroatoms. The van der Waals surface area contributed by atoms with Gasteiger partial charge in [0.1, 0.15) is 0 Å². The summed E-state index contributed by atoms with van der Waals surface area (Å²) < 4.78 is 0. The molecule has 0 bridgehead atoms. The van der Waals surface area contributed by atoms with E-state index in [0.717, 1.165) is 5.02 Å². The van der Waals surface area contributed by atoms with Gasteiger partial charge in [0.15, 0.2) is 0 Å². The second kappa shape index (κ2) is 4.92. The van der Waals surface area contributed by atoms with Crippen molar-refractivity contribution in [2.75, 3.05) is 11.5 Å². The summed E-state index contributed by atoms with van der Waals surface area (Å²) in [6, 6.07) is 7.77. The Labute approximate surface area is 99.4 Å². The molecule has 0 radical (unpaired) electrons. The van der Waals surface area contributed by atoms with Crippen molar-refractivity contribution in [1.29, 1.82) is 5.26 Å². The van der Waals surface area contributed by atoms with Gasteiger partial charge in [0.25, 0.3) is 0 Å². The zero-order valence-corrected chi connectivity index (χ0v) is 9.94. The number of halogens is 1. The van der Waals surface area contributed by atoms with E-state index in [2.05, 4.69) is 6.07 Å². The Morgan fingerprint density at radius 3 is 2.67 bits per heavy atom. The first-order valence-electron chi connectivity index (χ1n) is 5.08. The average Bonchev–Trinajstić information content (AvgIpc) is 2.30. The summed E-state index contributed by atoms with van der Waals surface area (Å²) in [5.41, 5.74) is 1.87. The molecule has 0 unspecified atom stereocenters. The summed E-state index contributed by atoms with van der Waals surface area (Å²) in [6.45, 7) is 0. The van der Waals surface area contributed by atoms with Crippen LogP contribution in [0.15, 0.2) is 18.2 Å². The van der Waals surface area contributed by atoms with Crippen LogP contribution in [0.5, 0.6) is 0 Å². The number of nitrogens with zero attached hydrogens (tertiary/aromatic N) is 1. The van der Waals surface area contributed by atoms with Gasteiger partial charge in [0, 0.05) is 5.02 Å². The van der Waals surface area contributed by atoms with Crippen LogP contribution >= 0.6 is 23.4 Å². The van der Waals surface area contributed by atoms with Crippen LogP contribution in [0.2, 0.25) is 5.02 Å². The van der Waals surface area contributed by atoms with Crippen LogP contribution in [0.3, 0.4) is 0 Å². The van der Waals surface area contributed by atoms with E-state index in [0.29, 0.717) is 11.5 Å². The summed E-state index contributed by atoms with van der Waals surface area (Å²) in [7, 11) is 0. The van der Waals surface area contributed by atoms with Crippen LogP contribution in [0.1, 0.15) is 29.9 Å². The molecule has 0 atom stereocenters. The van der Waals surface area contributed by atoms with E-state index in [9.17, 15) is 0 Å². The van der Waals surface area contributed by atoms with E-state index >= 15 is 0 Å². The van der Waals surface area contributed by atoms with E-state index in [-0.39, 0.29) is 0 Å². The Bertz CT molecular complexity index is 391. The van der Waals surface area contributed by atoms with Gasteiger partial charge in [-0.3, -0.25) is 0 Å². The lowest BCUT2D eigenvalue weighted by Crippen LogP contribution is -2.08. The minimum atomic E-state index is 0.589. The first-order chi connectivity index (χ1) is 7.31. The quantitative estimate of drug-likeness (QED) is 0.742. The Hall–Kier alpha value is -0.650. The summed E-state index contributed by atoms with van der Waals surface area (Å²) in [6.07, 6.45) is 2.41. The molecular formula is C12H12ClNS. The summed E-state index contributed by atoms with van der Waals surface area (Å²) in [5.74, 6) is 3.04. The third-order valence-electron chi connectivity index (χ3n) is 2.79. The van der Waals surface area contributed by atoms with Gasteiger partial charge in [0.05, 0.1) is 11.6 Å². The molecule has 1 heterocycles. The topological polar surface area (TPSA) is 23.8 Å². The van der Waals surface area contributed by atoms with E-state index < -0.39 is 0 Å². The van der Waals surface area contributed by atoms with Gasteiger partial charge >= 0.3 is 0 Å². The van der Waals surface area contributed by atoms with E-state index in [1.54, 1.807) is 6.07 Å². The van der Waals surface area contributed by atoms with Crippen LogP contribution in [0.25, 0.3) is 0 Å². The second-order valence-electron chi connectivity index (χ2n) is 3.73. The Balaban J connectivity index is 2.24. The third-order valence-corrected chi connectivity index (χ3v) is 4.17. The predicted octanol–water partition coefficient (Wildman–Crippen LogP) is 3.82. The van der Waals surface area contributed by atoms with Gasteiger partial charge in [-0.1, -0.05) is 17.7 Å². The largest absolute Gasteiger partial charge is 0.192 e. The van der Waals surface area contributed by atoms with Crippen molar-refractivity contribution in [3.05, 3.63) is 34.3 Å². The van der Waals surface area contributed by atoms with Crippen LogP contribution in [-0.4, -0.2) is 11.5 Å². The highest BCUT2D eigenvalue weighted by Gasteiger charge is 2.18. The molecule has 1 aliphatic heterocycles. The molecule has 1 fully saturated rings. The second-order valence-corrected chi connectivity index (χ2v) is 5.37. The van der Waals surface area contributed by atoms with Crippen molar-refractivity contribution in [3.8, 4) is 6.07 Å². The molecule has 1 saturated heterocycles. The van der Waals surface area contributed by atoms with Gasteiger partial charge in [-0.15, -0.1) is 0 Å². The Morgan fingerprint density at radius 2 is 2.07 bits per heavy atom. The van der Waals surface area contributed by atoms with Crippen molar-refractivity contribution in [2.45, 2.75) is 18.8 Å². The maximum atomic E-state index is 8.75. The smallest absolute Gasteiger partial charge is 0.0992 e.